The Labute approximate surface area is 151 Å². The van der Waals surface area contributed by atoms with E-state index in [9.17, 15) is 0 Å². The minimum atomic E-state index is 0.304. The van der Waals surface area contributed by atoms with Gasteiger partial charge < -0.3 is 20.1 Å². The molecule has 1 fully saturated rings. The number of aliphatic imine (C=N–C) groups is 1. The van der Waals surface area contributed by atoms with Gasteiger partial charge in [-0.2, -0.15) is 0 Å². The highest BCUT2D eigenvalue weighted by molar-refractivity contribution is 5.79. The molecule has 0 spiro atoms. The van der Waals surface area contributed by atoms with E-state index in [4.69, 9.17) is 9.47 Å². The highest BCUT2D eigenvalue weighted by Crippen LogP contribution is 2.11. The molecule has 1 unspecified atom stereocenters. The Hall–Kier alpha value is -1.66. The van der Waals surface area contributed by atoms with Crippen molar-refractivity contribution in [2.24, 2.45) is 4.99 Å². The van der Waals surface area contributed by atoms with Gasteiger partial charge in [-0.05, 0) is 51.2 Å². The van der Waals surface area contributed by atoms with Crippen molar-refractivity contribution in [1.82, 2.24) is 15.6 Å². The van der Waals surface area contributed by atoms with Gasteiger partial charge in [-0.15, -0.1) is 0 Å². The van der Waals surface area contributed by atoms with Gasteiger partial charge >= 0.3 is 0 Å². The average Bonchev–Trinajstić information content (AvgIpc) is 3.13. The van der Waals surface area contributed by atoms with E-state index in [-0.39, 0.29) is 0 Å². The number of nitrogens with one attached hydrogen (secondary N) is 2. The third kappa shape index (κ3) is 8.31. The molecule has 1 saturated heterocycles. The van der Waals surface area contributed by atoms with E-state index < -0.39 is 0 Å². The molecule has 2 heterocycles. The van der Waals surface area contributed by atoms with E-state index in [1.807, 2.05) is 19.2 Å². The number of hydrogen-bond donors (Lipinski definition) is 2. The molecule has 6 nitrogen and oxygen atoms in total. The van der Waals surface area contributed by atoms with Gasteiger partial charge in [0.15, 0.2) is 5.96 Å². The fraction of sp³-hybridized carbons (Fsp3) is 0.684. The van der Waals surface area contributed by atoms with Crippen molar-refractivity contribution in [3.63, 3.8) is 0 Å². The standard InChI is InChI=1S/C19H32N4O2/c1-3-20-19(22-11-9-17-8-7-16(2)23-14-17)21-10-5-12-24-15-18-6-4-13-25-18/h7-8,14,18H,3-6,9-13,15H2,1-2H3,(H2,20,21,22). The normalized spacial score (nSPS) is 17.7. The predicted octanol–water partition coefficient (Wildman–Crippen LogP) is 2.07. The Morgan fingerprint density at radius 2 is 2.32 bits per heavy atom. The van der Waals surface area contributed by atoms with Crippen molar-refractivity contribution >= 4 is 5.96 Å². The minimum Gasteiger partial charge on any atom is -0.379 e. The molecular formula is C19H32N4O2. The Balaban J connectivity index is 1.59. The summed E-state index contributed by atoms with van der Waals surface area (Å²) in [5, 5.41) is 6.65. The lowest BCUT2D eigenvalue weighted by Crippen LogP contribution is -2.38. The number of guanidine groups is 1. The predicted molar refractivity (Wildman–Crippen MR) is 101 cm³/mol. The van der Waals surface area contributed by atoms with Crippen molar-refractivity contribution in [3.8, 4) is 0 Å². The van der Waals surface area contributed by atoms with Crippen molar-refractivity contribution in [1.29, 1.82) is 0 Å². The van der Waals surface area contributed by atoms with Gasteiger partial charge in [-0.25, -0.2) is 0 Å². The molecule has 0 saturated carbocycles. The largest absolute Gasteiger partial charge is 0.379 e. The highest BCUT2D eigenvalue weighted by Gasteiger charge is 2.14. The van der Waals surface area contributed by atoms with E-state index in [1.165, 1.54) is 5.56 Å². The molecule has 0 radical (unpaired) electrons. The van der Waals surface area contributed by atoms with Crippen molar-refractivity contribution in [3.05, 3.63) is 29.6 Å². The lowest BCUT2D eigenvalue weighted by Gasteiger charge is -2.12. The number of ether oxygens (including phenoxy) is 2. The zero-order valence-corrected chi connectivity index (χ0v) is 15.6. The first kappa shape index (κ1) is 19.7. The maximum atomic E-state index is 5.67. The molecule has 140 valence electrons. The van der Waals surface area contributed by atoms with Crippen LogP contribution in [0.25, 0.3) is 0 Å². The second-order valence-electron chi connectivity index (χ2n) is 6.31. The average molecular weight is 348 g/mol. The summed E-state index contributed by atoms with van der Waals surface area (Å²) in [7, 11) is 0. The van der Waals surface area contributed by atoms with Crippen LogP contribution in [0.2, 0.25) is 0 Å². The lowest BCUT2D eigenvalue weighted by molar-refractivity contribution is 0.0171. The Kier molecular flexibility index (Phi) is 9.29. The van der Waals surface area contributed by atoms with E-state index in [2.05, 4.69) is 33.6 Å². The van der Waals surface area contributed by atoms with Gasteiger partial charge in [-0.3, -0.25) is 9.98 Å². The third-order valence-electron chi connectivity index (χ3n) is 4.07. The van der Waals surface area contributed by atoms with Crippen LogP contribution in [0, 0.1) is 6.92 Å². The monoisotopic (exact) mass is 348 g/mol. The van der Waals surface area contributed by atoms with Crippen LogP contribution in [-0.2, 0) is 15.9 Å². The van der Waals surface area contributed by atoms with Crippen LogP contribution in [0.4, 0.5) is 0 Å². The van der Waals surface area contributed by atoms with Crippen molar-refractivity contribution in [2.45, 2.75) is 45.6 Å². The summed E-state index contributed by atoms with van der Waals surface area (Å²) < 4.78 is 11.2. The van der Waals surface area contributed by atoms with E-state index in [0.29, 0.717) is 12.7 Å². The molecule has 1 aromatic rings. The van der Waals surface area contributed by atoms with Crippen LogP contribution in [-0.4, -0.2) is 56.5 Å². The van der Waals surface area contributed by atoms with E-state index >= 15 is 0 Å². The van der Waals surface area contributed by atoms with Crippen LogP contribution in [0.1, 0.15) is 37.4 Å². The van der Waals surface area contributed by atoms with Crippen LogP contribution < -0.4 is 10.6 Å². The molecule has 0 bridgehead atoms. The highest BCUT2D eigenvalue weighted by atomic mass is 16.5. The smallest absolute Gasteiger partial charge is 0.191 e. The first-order valence-corrected chi connectivity index (χ1v) is 9.41. The molecular weight excluding hydrogens is 316 g/mol. The molecule has 2 N–H and O–H groups in total. The topological polar surface area (TPSA) is 67.8 Å². The molecule has 0 aromatic carbocycles. The fourth-order valence-corrected chi connectivity index (χ4v) is 2.66. The third-order valence-corrected chi connectivity index (χ3v) is 4.07. The van der Waals surface area contributed by atoms with Crippen LogP contribution in [0.15, 0.2) is 23.3 Å². The van der Waals surface area contributed by atoms with Gasteiger partial charge in [0.25, 0.3) is 0 Å². The van der Waals surface area contributed by atoms with Crippen LogP contribution in [0.5, 0.6) is 0 Å². The molecule has 2 rings (SSSR count). The van der Waals surface area contributed by atoms with Gasteiger partial charge in [0.1, 0.15) is 0 Å². The van der Waals surface area contributed by atoms with Crippen molar-refractivity contribution < 1.29 is 9.47 Å². The van der Waals surface area contributed by atoms with Crippen LogP contribution >= 0.6 is 0 Å². The SMILES string of the molecule is CCNC(=NCCCOCC1CCCO1)NCCc1ccc(C)nc1. The molecule has 1 atom stereocenters. The molecule has 0 aliphatic carbocycles. The number of nitrogens with zero attached hydrogens (tertiary/aromatic N) is 2. The first-order chi connectivity index (χ1) is 12.3. The van der Waals surface area contributed by atoms with E-state index in [1.54, 1.807) is 0 Å². The Morgan fingerprint density at radius 1 is 1.40 bits per heavy atom. The molecule has 6 heteroatoms. The summed E-state index contributed by atoms with van der Waals surface area (Å²) in [4.78, 5) is 8.92. The zero-order valence-electron chi connectivity index (χ0n) is 15.6. The number of rotatable bonds is 10. The van der Waals surface area contributed by atoms with Gasteiger partial charge in [0, 0.05) is 44.7 Å². The fourth-order valence-electron chi connectivity index (χ4n) is 2.66. The summed E-state index contributed by atoms with van der Waals surface area (Å²) in [6, 6.07) is 4.17. The Morgan fingerprint density at radius 3 is 3.04 bits per heavy atom. The maximum absolute atomic E-state index is 5.67. The van der Waals surface area contributed by atoms with Gasteiger partial charge in [-0.1, -0.05) is 6.07 Å². The van der Waals surface area contributed by atoms with Crippen molar-refractivity contribution in [2.75, 3.05) is 39.5 Å². The first-order valence-electron chi connectivity index (χ1n) is 9.41. The summed E-state index contributed by atoms with van der Waals surface area (Å²) in [6.45, 7) is 8.86. The maximum Gasteiger partial charge on any atom is 0.191 e. The van der Waals surface area contributed by atoms with Gasteiger partial charge in [0.05, 0.1) is 12.7 Å². The van der Waals surface area contributed by atoms with Crippen LogP contribution in [0.3, 0.4) is 0 Å². The quantitative estimate of drug-likeness (QED) is 0.385. The molecule has 1 aliphatic heterocycles. The molecule has 1 aliphatic rings. The Bertz CT molecular complexity index is 499. The summed E-state index contributed by atoms with van der Waals surface area (Å²) in [5.41, 5.74) is 2.28. The lowest BCUT2D eigenvalue weighted by atomic mass is 10.2. The summed E-state index contributed by atoms with van der Waals surface area (Å²) in [6.07, 6.45) is 6.39. The van der Waals surface area contributed by atoms with Gasteiger partial charge in [0.2, 0.25) is 0 Å². The molecule has 25 heavy (non-hydrogen) atoms. The molecule has 1 aromatic heterocycles. The number of hydrogen-bond acceptors (Lipinski definition) is 4. The second kappa shape index (κ2) is 11.8. The number of pyridine rings is 1. The number of aromatic nitrogens is 1. The zero-order chi connectivity index (χ0) is 17.7. The summed E-state index contributed by atoms with van der Waals surface area (Å²) >= 11 is 0. The van der Waals surface area contributed by atoms with E-state index in [0.717, 1.165) is 70.2 Å². The summed E-state index contributed by atoms with van der Waals surface area (Å²) in [5.74, 6) is 0.863. The second-order valence-corrected chi connectivity index (χ2v) is 6.31. The number of aryl methyl sites for hydroxylation is 1. The minimum absolute atomic E-state index is 0.304. The molecule has 0 amide bonds.